The van der Waals surface area contributed by atoms with Crippen LogP contribution in [0.1, 0.15) is 54.8 Å². The lowest BCUT2D eigenvalue weighted by molar-refractivity contribution is -0.118. The first-order chi connectivity index (χ1) is 17.3. The molecule has 184 valence electrons. The first-order valence-electron chi connectivity index (χ1n) is 11.9. The number of aromatic nitrogens is 2. The fourth-order valence-electron chi connectivity index (χ4n) is 4.82. The van der Waals surface area contributed by atoms with Gasteiger partial charge in [-0.1, -0.05) is 74.2 Å². The van der Waals surface area contributed by atoms with Gasteiger partial charge in [0, 0.05) is 33.2 Å². The summed E-state index contributed by atoms with van der Waals surface area (Å²) in [6.07, 6.45) is 2.02. The van der Waals surface area contributed by atoms with Crippen molar-refractivity contribution >= 4 is 45.4 Å². The number of ketones is 1. The van der Waals surface area contributed by atoms with E-state index in [-0.39, 0.29) is 11.2 Å². The molecule has 2 aromatic heterocycles. The fourth-order valence-corrected chi connectivity index (χ4v) is 7.73. The van der Waals surface area contributed by atoms with Gasteiger partial charge in [0.1, 0.15) is 5.82 Å². The molecule has 2 N–H and O–H groups in total. The third kappa shape index (κ3) is 4.61. The van der Waals surface area contributed by atoms with Crippen molar-refractivity contribution in [1.82, 2.24) is 10.2 Å². The standard InChI is InChI=1S/C27H27N5OS3/c1-4-17-10-11-21(35-17)22-18(14-28)24(29)32(19-12-27(2,3)13-20(33)23(19)22)25-30-31-26(36-25)34-15-16-8-6-5-7-9-16/h5-11,22H,4,12-13,15,29H2,1-3H3. The van der Waals surface area contributed by atoms with Crippen LogP contribution in [-0.4, -0.2) is 16.0 Å². The summed E-state index contributed by atoms with van der Waals surface area (Å²) in [5, 5.41) is 19.7. The predicted octanol–water partition coefficient (Wildman–Crippen LogP) is 6.40. The Labute approximate surface area is 223 Å². The molecule has 1 atom stereocenters. The number of carbonyl (C=O) groups is 1. The van der Waals surface area contributed by atoms with E-state index in [1.54, 1.807) is 23.1 Å². The third-order valence-electron chi connectivity index (χ3n) is 6.49. The van der Waals surface area contributed by atoms with Crippen molar-refractivity contribution in [3.8, 4) is 6.07 Å². The average Bonchev–Trinajstić information content (AvgIpc) is 3.52. The van der Waals surface area contributed by atoms with Gasteiger partial charge in [-0.15, -0.1) is 21.5 Å². The maximum atomic E-state index is 13.6. The summed E-state index contributed by atoms with van der Waals surface area (Å²) in [4.78, 5) is 17.7. The largest absolute Gasteiger partial charge is 0.384 e. The van der Waals surface area contributed by atoms with E-state index >= 15 is 0 Å². The Morgan fingerprint density at radius 3 is 2.64 bits per heavy atom. The van der Waals surface area contributed by atoms with Crippen LogP contribution in [0.25, 0.3) is 0 Å². The molecule has 1 aromatic carbocycles. The Bertz CT molecular complexity index is 1410. The van der Waals surface area contributed by atoms with Crippen molar-refractivity contribution in [1.29, 1.82) is 5.26 Å². The van der Waals surface area contributed by atoms with E-state index in [1.807, 2.05) is 29.2 Å². The lowest BCUT2D eigenvalue weighted by atomic mass is 9.70. The molecule has 2 aliphatic rings. The monoisotopic (exact) mass is 533 g/mol. The van der Waals surface area contributed by atoms with E-state index in [2.05, 4.69) is 55.2 Å². The molecule has 1 aliphatic heterocycles. The van der Waals surface area contributed by atoms with Gasteiger partial charge < -0.3 is 5.73 Å². The molecule has 9 heteroatoms. The van der Waals surface area contributed by atoms with Gasteiger partial charge in [-0.05, 0) is 36.0 Å². The Balaban J connectivity index is 1.57. The Hall–Kier alpha value is -2.93. The van der Waals surface area contributed by atoms with Crippen LogP contribution >= 0.6 is 34.4 Å². The van der Waals surface area contributed by atoms with Crippen LogP contribution in [0.4, 0.5) is 5.13 Å². The lowest BCUT2D eigenvalue weighted by Gasteiger charge is -2.42. The summed E-state index contributed by atoms with van der Waals surface area (Å²) >= 11 is 4.70. The Kier molecular flexibility index (Phi) is 6.77. The molecular weight excluding hydrogens is 507 g/mol. The van der Waals surface area contributed by atoms with Gasteiger partial charge in [-0.25, -0.2) is 0 Å². The van der Waals surface area contributed by atoms with E-state index in [0.717, 1.165) is 27.1 Å². The summed E-state index contributed by atoms with van der Waals surface area (Å²) in [5.41, 5.74) is 9.64. The summed E-state index contributed by atoms with van der Waals surface area (Å²) < 4.78 is 0.816. The van der Waals surface area contributed by atoms with E-state index in [9.17, 15) is 10.1 Å². The first-order valence-corrected chi connectivity index (χ1v) is 14.5. The van der Waals surface area contributed by atoms with Gasteiger partial charge in [0.2, 0.25) is 5.13 Å². The molecule has 3 heterocycles. The summed E-state index contributed by atoms with van der Waals surface area (Å²) in [7, 11) is 0. The molecule has 3 aromatic rings. The molecule has 6 nitrogen and oxygen atoms in total. The number of nitriles is 1. The van der Waals surface area contributed by atoms with Crippen LogP contribution in [0.5, 0.6) is 0 Å². The topological polar surface area (TPSA) is 95.9 Å². The number of rotatable bonds is 6. The van der Waals surface area contributed by atoms with Crippen LogP contribution < -0.4 is 10.6 Å². The minimum atomic E-state index is -0.435. The van der Waals surface area contributed by atoms with Crippen LogP contribution in [0.2, 0.25) is 0 Å². The molecule has 0 bridgehead atoms. The van der Waals surface area contributed by atoms with Crippen molar-refractivity contribution in [3.05, 3.63) is 80.4 Å². The zero-order chi connectivity index (χ0) is 25.4. The molecule has 0 spiro atoms. The summed E-state index contributed by atoms with van der Waals surface area (Å²) in [5.74, 6) is 0.763. The van der Waals surface area contributed by atoms with Gasteiger partial charge in [-0.3, -0.25) is 9.69 Å². The highest BCUT2D eigenvalue weighted by Gasteiger charge is 2.45. The number of thiophene rings is 1. The average molecular weight is 534 g/mol. The maximum absolute atomic E-state index is 13.6. The second-order valence-corrected chi connectivity index (χ2v) is 13.1. The Morgan fingerprint density at radius 2 is 1.94 bits per heavy atom. The number of hydrogen-bond acceptors (Lipinski definition) is 9. The number of aryl methyl sites for hydroxylation is 1. The van der Waals surface area contributed by atoms with Crippen molar-refractivity contribution in [2.75, 3.05) is 4.90 Å². The zero-order valence-corrected chi connectivity index (χ0v) is 22.9. The summed E-state index contributed by atoms with van der Waals surface area (Å²) in [6.45, 7) is 6.31. The highest BCUT2D eigenvalue weighted by atomic mass is 32.2. The minimum absolute atomic E-state index is 0.0751. The molecule has 0 radical (unpaired) electrons. The van der Waals surface area contributed by atoms with Gasteiger partial charge >= 0.3 is 0 Å². The molecule has 5 rings (SSSR count). The van der Waals surface area contributed by atoms with Gasteiger partial charge in [0.05, 0.1) is 17.6 Å². The molecule has 36 heavy (non-hydrogen) atoms. The normalized spacial score (nSPS) is 19.4. The number of Topliss-reactive ketones (excluding diaryl/α,β-unsaturated/α-hetero) is 1. The number of carbonyl (C=O) groups excluding carboxylic acids is 1. The van der Waals surface area contributed by atoms with Crippen LogP contribution in [0.3, 0.4) is 0 Å². The quantitative estimate of drug-likeness (QED) is 0.367. The number of allylic oxidation sites excluding steroid dienone is 3. The molecule has 0 amide bonds. The van der Waals surface area contributed by atoms with E-state index in [0.29, 0.717) is 34.9 Å². The van der Waals surface area contributed by atoms with E-state index in [4.69, 9.17) is 5.73 Å². The highest BCUT2D eigenvalue weighted by Crippen LogP contribution is 2.51. The minimum Gasteiger partial charge on any atom is -0.384 e. The Morgan fingerprint density at radius 1 is 1.17 bits per heavy atom. The number of hydrogen-bond donors (Lipinski definition) is 1. The molecular formula is C27H27N5OS3. The molecule has 1 aliphatic carbocycles. The van der Waals surface area contributed by atoms with Crippen molar-refractivity contribution in [2.24, 2.45) is 11.1 Å². The fraction of sp³-hybridized carbons (Fsp3) is 0.333. The number of nitrogens with zero attached hydrogens (tertiary/aromatic N) is 4. The van der Waals surface area contributed by atoms with Gasteiger partial charge in [0.25, 0.3) is 0 Å². The lowest BCUT2D eigenvalue weighted by Crippen LogP contribution is -2.42. The number of anilines is 1. The molecule has 0 saturated carbocycles. The maximum Gasteiger partial charge on any atom is 0.219 e. The van der Waals surface area contributed by atoms with Gasteiger partial charge in [0.15, 0.2) is 10.1 Å². The van der Waals surface area contributed by atoms with Crippen LogP contribution in [0, 0.1) is 16.7 Å². The van der Waals surface area contributed by atoms with Crippen LogP contribution in [0.15, 0.2) is 69.5 Å². The van der Waals surface area contributed by atoms with Crippen LogP contribution in [-0.2, 0) is 17.0 Å². The highest BCUT2D eigenvalue weighted by molar-refractivity contribution is 8.00. The van der Waals surface area contributed by atoms with Crippen molar-refractivity contribution in [3.63, 3.8) is 0 Å². The second-order valence-electron chi connectivity index (χ2n) is 9.76. The van der Waals surface area contributed by atoms with Crippen molar-refractivity contribution in [2.45, 2.75) is 56.0 Å². The van der Waals surface area contributed by atoms with E-state index < -0.39 is 5.92 Å². The number of nitrogens with two attached hydrogens (primary N) is 1. The molecule has 0 saturated heterocycles. The van der Waals surface area contributed by atoms with Crippen molar-refractivity contribution < 1.29 is 4.79 Å². The van der Waals surface area contributed by atoms with Gasteiger partial charge in [-0.2, -0.15) is 5.26 Å². The summed E-state index contributed by atoms with van der Waals surface area (Å²) in [6, 6.07) is 16.7. The molecule has 0 fully saturated rings. The SMILES string of the molecule is CCc1ccc(C2C(C#N)=C(N)N(c3nnc(SCc4ccccc4)s3)C3=C2C(=O)CC(C)(C)C3)s1. The molecule has 1 unspecified atom stereocenters. The predicted molar refractivity (Wildman–Crippen MR) is 147 cm³/mol. The van der Waals surface area contributed by atoms with E-state index in [1.165, 1.54) is 21.8 Å². The number of thioether (sulfide) groups is 1. The smallest absolute Gasteiger partial charge is 0.219 e. The first kappa shape index (κ1) is 24.8. The number of benzene rings is 1. The zero-order valence-electron chi connectivity index (χ0n) is 20.4. The second kappa shape index (κ2) is 9.85. The third-order valence-corrected chi connectivity index (χ3v) is 9.90.